The first-order chi connectivity index (χ1) is 15.6. The van der Waals surface area contributed by atoms with Crippen LogP contribution in [0.4, 0.5) is 17.6 Å². The van der Waals surface area contributed by atoms with Crippen LogP contribution in [0.25, 0.3) is 0 Å². The molecule has 4 unspecified atom stereocenters. The van der Waals surface area contributed by atoms with E-state index in [1.807, 2.05) is 0 Å². The highest BCUT2D eigenvalue weighted by atomic mass is 127. The maximum Gasteiger partial charge on any atom is 0.396 e. The Morgan fingerprint density at radius 3 is 2.44 bits per heavy atom. The summed E-state index contributed by atoms with van der Waals surface area (Å²) in [7, 11) is -6.63. The minimum Gasteiger partial charge on any atom is -0.743 e. The van der Waals surface area contributed by atoms with E-state index in [0.717, 1.165) is 7.14 Å². The van der Waals surface area contributed by atoms with Crippen molar-refractivity contribution >= 4 is 67.2 Å². The van der Waals surface area contributed by atoms with Crippen molar-refractivity contribution in [2.24, 2.45) is 5.92 Å². The summed E-state index contributed by atoms with van der Waals surface area (Å²) in [5.74, 6) is -9.10. The van der Waals surface area contributed by atoms with E-state index in [9.17, 15) is 40.1 Å². The van der Waals surface area contributed by atoms with Crippen LogP contribution in [0.5, 0.6) is 5.75 Å². The molecule has 1 aromatic rings. The molecule has 4 atom stereocenters. The van der Waals surface area contributed by atoms with Gasteiger partial charge >= 0.3 is 23.1 Å². The van der Waals surface area contributed by atoms with E-state index >= 15 is 0 Å². The number of benzene rings is 1. The van der Waals surface area contributed by atoms with Crippen molar-refractivity contribution in [3.63, 3.8) is 0 Å². The highest BCUT2D eigenvalue weighted by molar-refractivity contribution is 14.1. The molecule has 2 saturated heterocycles. The molecule has 0 aliphatic carbocycles. The smallest absolute Gasteiger partial charge is 0.396 e. The van der Waals surface area contributed by atoms with Gasteiger partial charge in [-0.05, 0) is 63.7 Å². The van der Waals surface area contributed by atoms with Crippen molar-refractivity contribution in [1.29, 1.82) is 0 Å². The molecule has 4 rings (SSSR count). The minimum absolute atomic E-state index is 0.0605. The first-order valence-electron chi connectivity index (χ1n) is 9.52. The first-order valence-corrected chi connectivity index (χ1v) is 13.1. The summed E-state index contributed by atoms with van der Waals surface area (Å²) < 4.78 is 108. The molecule has 188 valence electrons. The van der Waals surface area contributed by atoms with Gasteiger partial charge in [0, 0.05) is 7.14 Å². The lowest BCUT2D eigenvalue weighted by Crippen LogP contribution is -2.53. The number of rotatable bonds is 6. The lowest BCUT2D eigenvalue weighted by Gasteiger charge is -2.39. The van der Waals surface area contributed by atoms with E-state index in [-0.39, 0.29) is 24.2 Å². The van der Waals surface area contributed by atoms with E-state index in [4.69, 9.17) is 14.2 Å². The van der Waals surface area contributed by atoms with Gasteiger partial charge < -0.3 is 23.5 Å². The lowest BCUT2D eigenvalue weighted by molar-refractivity contribution is -0.187. The van der Waals surface area contributed by atoms with Gasteiger partial charge in [-0.15, -0.1) is 0 Å². The van der Waals surface area contributed by atoms with Crippen molar-refractivity contribution in [3.05, 3.63) is 24.8 Å². The third-order valence-electron chi connectivity index (χ3n) is 5.73. The highest BCUT2D eigenvalue weighted by Crippen LogP contribution is 2.51. The molecule has 2 fully saturated rings. The van der Waals surface area contributed by atoms with Gasteiger partial charge in [0.25, 0.3) is 5.79 Å². The fourth-order valence-electron chi connectivity index (χ4n) is 4.00. The number of esters is 2. The standard InChI is InChI=1S/C18H14F4I2O9S/c19-17(20,18(21,22)34(27,28)29)1-2-30-14(25)8-4-13-16(6-12(8)31-13)32-11-5-10(24)9(23)3-7(11)15(26)33-16/h3,5,8,12-13H,1-2,4,6H2,(H,27,28,29)/p-1. The Labute approximate surface area is 216 Å². The molecule has 3 aliphatic heterocycles. The third kappa shape index (κ3) is 4.26. The van der Waals surface area contributed by atoms with Crippen LogP contribution in [0.15, 0.2) is 12.1 Å². The molecule has 9 nitrogen and oxygen atoms in total. The Hall–Kier alpha value is -0.990. The second-order valence-corrected chi connectivity index (χ2v) is 11.6. The molecule has 2 bridgehead atoms. The van der Waals surface area contributed by atoms with Gasteiger partial charge in [0.05, 0.1) is 31.5 Å². The second-order valence-electron chi connectivity index (χ2n) is 7.87. The zero-order valence-corrected chi connectivity index (χ0v) is 21.7. The number of ether oxygens (including phenoxy) is 4. The summed E-state index contributed by atoms with van der Waals surface area (Å²) in [5.41, 5.74) is 0.229. The van der Waals surface area contributed by atoms with Crippen molar-refractivity contribution in [1.82, 2.24) is 0 Å². The SMILES string of the molecule is O=C1OC2(CC3OC2CC3C(=O)OCCC(F)(F)C(F)(F)S(=O)(=O)[O-])Oc2cc(I)c(I)cc21. The van der Waals surface area contributed by atoms with Gasteiger partial charge in [0.1, 0.15) is 17.4 Å². The normalized spacial score (nSPS) is 28.4. The topological polar surface area (TPSA) is 128 Å². The molecule has 34 heavy (non-hydrogen) atoms. The molecule has 3 aliphatic rings. The molecular formula is C18H13F4I2O9S-. The Morgan fingerprint density at radius 2 is 1.85 bits per heavy atom. The van der Waals surface area contributed by atoms with Crippen LogP contribution in [-0.2, 0) is 29.1 Å². The van der Waals surface area contributed by atoms with Crippen LogP contribution < -0.4 is 4.74 Å². The van der Waals surface area contributed by atoms with Crippen LogP contribution >= 0.6 is 45.2 Å². The van der Waals surface area contributed by atoms with E-state index in [1.54, 1.807) is 12.1 Å². The van der Waals surface area contributed by atoms with Gasteiger partial charge in [-0.1, -0.05) is 0 Å². The van der Waals surface area contributed by atoms with Gasteiger partial charge in [-0.3, -0.25) is 4.79 Å². The third-order valence-corrected chi connectivity index (χ3v) is 9.47. The average Bonchev–Trinajstić information content (AvgIpc) is 3.26. The zero-order chi connectivity index (χ0) is 25.3. The Balaban J connectivity index is 1.38. The summed E-state index contributed by atoms with van der Waals surface area (Å²) in [5, 5.41) is -5.86. The van der Waals surface area contributed by atoms with Crippen molar-refractivity contribution in [2.45, 2.75) is 48.4 Å². The van der Waals surface area contributed by atoms with Gasteiger partial charge in [0.15, 0.2) is 10.1 Å². The largest absolute Gasteiger partial charge is 0.743 e. The Bertz CT molecular complexity index is 1160. The molecule has 0 amide bonds. The van der Waals surface area contributed by atoms with Crippen molar-refractivity contribution in [3.8, 4) is 5.75 Å². The Morgan fingerprint density at radius 1 is 1.21 bits per heavy atom. The Kier molecular flexibility index (Phi) is 6.56. The molecule has 0 aromatic heterocycles. The first kappa shape index (κ1) is 26.1. The molecule has 0 saturated carbocycles. The molecule has 1 spiro atoms. The molecule has 16 heteroatoms. The van der Waals surface area contributed by atoms with Crippen molar-refractivity contribution < 1.29 is 59.1 Å². The quantitative estimate of drug-likeness (QED) is 0.188. The number of halogens is 6. The number of carbonyl (C=O) groups excluding carboxylic acids is 2. The van der Waals surface area contributed by atoms with E-state index in [2.05, 4.69) is 49.9 Å². The summed E-state index contributed by atoms with van der Waals surface area (Å²) >= 11 is 4.12. The molecule has 3 heterocycles. The van der Waals surface area contributed by atoms with E-state index in [0.29, 0.717) is 0 Å². The number of carbonyl (C=O) groups is 2. The lowest BCUT2D eigenvalue weighted by atomic mass is 9.84. The monoisotopic (exact) mass is 735 g/mol. The predicted octanol–water partition coefficient (Wildman–Crippen LogP) is 3.03. The summed E-state index contributed by atoms with van der Waals surface area (Å²) in [4.78, 5) is 24.9. The number of hydrogen-bond donors (Lipinski definition) is 0. The summed E-state index contributed by atoms with van der Waals surface area (Å²) in [6.45, 7) is -1.26. The minimum atomic E-state index is -6.63. The van der Waals surface area contributed by atoms with Crippen molar-refractivity contribution in [2.75, 3.05) is 6.61 Å². The number of hydrogen-bond acceptors (Lipinski definition) is 9. The molecule has 1 aromatic carbocycles. The van der Waals surface area contributed by atoms with E-state index in [1.165, 1.54) is 0 Å². The van der Waals surface area contributed by atoms with E-state index < -0.39 is 70.2 Å². The molecular weight excluding hydrogens is 722 g/mol. The molecule has 0 N–H and O–H groups in total. The van der Waals surface area contributed by atoms with Crippen LogP contribution in [0.3, 0.4) is 0 Å². The summed E-state index contributed by atoms with van der Waals surface area (Å²) in [6.07, 6.45) is -3.74. The predicted molar refractivity (Wildman–Crippen MR) is 117 cm³/mol. The van der Waals surface area contributed by atoms with Gasteiger partial charge in [0.2, 0.25) is 0 Å². The van der Waals surface area contributed by atoms with Gasteiger partial charge in [-0.2, -0.15) is 17.6 Å². The van der Waals surface area contributed by atoms with Crippen LogP contribution in [0, 0.1) is 13.1 Å². The second kappa shape index (κ2) is 8.55. The zero-order valence-electron chi connectivity index (χ0n) is 16.6. The fourth-order valence-corrected chi connectivity index (χ4v) is 5.37. The highest BCUT2D eigenvalue weighted by Gasteiger charge is 2.65. The summed E-state index contributed by atoms with van der Waals surface area (Å²) in [6, 6.07) is 3.27. The maximum absolute atomic E-state index is 13.5. The number of alkyl halides is 4. The fraction of sp³-hybridized carbons (Fsp3) is 0.556. The van der Waals surface area contributed by atoms with Crippen LogP contribution in [-0.4, -0.2) is 60.7 Å². The van der Waals surface area contributed by atoms with Crippen LogP contribution in [0.1, 0.15) is 29.6 Å². The average molecular weight is 735 g/mol. The molecule has 0 radical (unpaired) electrons. The van der Waals surface area contributed by atoms with Gasteiger partial charge in [-0.25, -0.2) is 13.2 Å². The van der Waals surface area contributed by atoms with Crippen LogP contribution in [0.2, 0.25) is 0 Å². The number of fused-ring (bicyclic) bond motifs is 4. The maximum atomic E-state index is 13.5.